The average Bonchev–Trinajstić information content (AvgIpc) is 2.79. The molecular formula is C13H15N3O2S. The van der Waals surface area contributed by atoms with E-state index in [2.05, 4.69) is 22.0 Å². The first-order valence-electron chi connectivity index (χ1n) is 6.23. The van der Waals surface area contributed by atoms with Crippen LogP contribution in [0.3, 0.4) is 0 Å². The van der Waals surface area contributed by atoms with Crippen molar-refractivity contribution in [3.8, 4) is 0 Å². The molecule has 0 bridgehead atoms. The number of carbonyl (C=O) groups excluding carboxylic acids is 1. The Morgan fingerprint density at radius 3 is 2.95 bits per heavy atom. The van der Waals surface area contributed by atoms with Gasteiger partial charge in [0.2, 0.25) is 5.91 Å². The van der Waals surface area contributed by atoms with E-state index in [9.17, 15) is 4.79 Å². The number of thiazole rings is 1. The lowest BCUT2D eigenvalue weighted by atomic mass is 10.2. The van der Waals surface area contributed by atoms with Crippen molar-refractivity contribution in [1.29, 1.82) is 0 Å². The number of fused-ring (bicyclic) bond motifs is 1. The zero-order chi connectivity index (χ0) is 13.2. The van der Waals surface area contributed by atoms with Gasteiger partial charge in [-0.05, 0) is 18.2 Å². The molecule has 1 aliphatic rings. The lowest BCUT2D eigenvalue weighted by Crippen LogP contribution is -2.36. The van der Waals surface area contributed by atoms with Gasteiger partial charge in [0, 0.05) is 18.8 Å². The van der Waals surface area contributed by atoms with Crippen molar-refractivity contribution in [2.45, 2.75) is 6.42 Å². The minimum absolute atomic E-state index is 0.215. The third-order valence-corrected chi connectivity index (χ3v) is 4.14. The molecule has 6 heteroatoms. The van der Waals surface area contributed by atoms with Crippen molar-refractivity contribution in [3.05, 3.63) is 23.2 Å². The Kier molecular flexibility index (Phi) is 3.35. The average molecular weight is 277 g/mol. The van der Waals surface area contributed by atoms with E-state index >= 15 is 0 Å². The predicted molar refractivity (Wildman–Crippen MR) is 75.6 cm³/mol. The van der Waals surface area contributed by atoms with Gasteiger partial charge in [-0.25, -0.2) is 4.98 Å². The Labute approximate surface area is 115 Å². The number of hydrogen-bond acceptors (Lipinski definition) is 5. The molecule has 3 rings (SSSR count). The van der Waals surface area contributed by atoms with Crippen LogP contribution in [-0.2, 0) is 16.0 Å². The molecule has 100 valence electrons. The summed E-state index contributed by atoms with van der Waals surface area (Å²) < 4.78 is 6.45. The molecule has 2 N–H and O–H groups in total. The number of anilines is 1. The molecule has 5 nitrogen and oxygen atoms in total. The van der Waals surface area contributed by atoms with Gasteiger partial charge in [0.25, 0.3) is 0 Å². The minimum Gasteiger partial charge on any atom is -0.378 e. The van der Waals surface area contributed by atoms with E-state index in [0.29, 0.717) is 0 Å². The summed E-state index contributed by atoms with van der Waals surface area (Å²) in [6.07, 6.45) is 0.215. The number of aromatic nitrogens is 1. The number of nitrogens with zero attached hydrogens (tertiary/aromatic N) is 2. The molecule has 0 radical (unpaired) electrons. The van der Waals surface area contributed by atoms with Crippen LogP contribution in [0.2, 0.25) is 0 Å². The van der Waals surface area contributed by atoms with Crippen LogP contribution in [0.15, 0.2) is 18.2 Å². The van der Waals surface area contributed by atoms with Crippen LogP contribution in [0, 0.1) is 0 Å². The van der Waals surface area contributed by atoms with Gasteiger partial charge in [-0.3, -0.25) is 4.79 Å². The molecule has 2 heterocycles. The monoisotopic (exact) mass is 277 g/mol. The van der Waals surface area contributed by atoms with E-state index in [-0.39, 0.29) is 12.3 Å². The van der Waals surface area contributed by atoms with E-state index in [1.54, 1.807) is 0 Å². The molecular weight excluding hydrogens is 262 g/mol. The van der Waals surface area contributed by atoms with E-state index in [0.717, 1.165) is 41.5 Å². The fraction of sp³-hybridized carbons (Fsp3) is 0.385. The Hall–Kier alpha value is -1.66. The summed E-state index contributed by atoms with van der Waals surface area (Å²) in [4.78, 5) is 17.6. The van der Waals surface area contributed by atoms with E-state index in [1.165, 1.54) is 17.0 Å². The summed E-state index contributed by atoms with van der Waals surface area (Å²) in [5.74, 6) is -0.340. The third kappa shape index (κ3) is 2.69. The standard InChI is InChI=1S/C13H15N3O2S/c14-12(17)8-13-15-10-2-1-9(7-11(10)19-13)16-3-5-18-6-4-16/h1-2,7H,3-6,8H2,(H2,14,17). The first-order chi connectivity index (χ1) is 9.22. The Morgan fingerprint density at radius 2 is 2.21 bits per heavy atom. The molecule has 0 unspecified atom stereocenters. The summed E-state index contributed by atoms with van der Waals surface area (Å²) in [5.41, 5.74) is 7.31. The van der Waals surface area contributed by atoms with Gasteiger partial charge in [-0.2, -0.15) is 0 Å². The first-order valence-corrected chi connectivity index (χ1v) is 7.04. The van der Waals surface area contributed by atoms with Crippen molar-refractivity contribution < 1.29 is 9.53 Å². The maximum Gasteiger partial charge on any atom is 0.224 e. The summed E-state index contributed by atoms with van der Waals surface area (Å²) in [7, 11) is 0. The van der Waals surface area contributed by atoms with Crippen molar-refractivity contribution in [3.63, 3.8) is 0 Å². The molecule has 1 aliphatic heterocycles. The van der Waals surface area contributed by atoms with Crippen LogP contribution in [0.25, 0.3) is 10.2 Å². The number of carbonyl (C=O) groups is 1. The Morgan fingerprint density at radius 1 is 1.42 bits per heavy atom. The fourth-order valence-electron chi connectivity index (χ4n) is 2.20. The third-order valence-electron chi connectivity index (χ3n) is 3.12. The van der Waals surface area contributed by atoms with Gasteiger partial charge in [-0.1, -0.05) is 0 Å². The SMILES string of the molecule is NC(=O)Cc1nc2ccc(N3CCOCC3)cc2s1. The molecule has 0 saturated carbocycles. The van der Waals surface area contributed by atoms with E-state index in [1.807, 2.05) is 6.07 Å². The molecule has 2 aromatic rings. The molecule has 1 saturated heterocycles. The van der Waals surface area contributed by atoms with Gasteiger partial charge in [0.05, 0.1) is 29.9 Å². The highest BCUT2D eigenvalue weighted by atomic mass is 32.1. The Bertz CT molecular complexity index is 605. The number of benzene rings is 1. The molecule has 0 atom stereocenters. The lowest BCUT2D eigenvalue weighted by molar-refractivity contribution is -0.117. The van der Waals surface area contributed by atoms with Gasteiger partial charge >= 0.3 is 0 Å². The van der Waals surface area contributed by atoms with Gasteiger partial charge < -0.3 is 15.4 Å². The second-order valence-corrected chi connectivity index (χ2v) is 5.62. The van der Waals surface area contributed by atoms with Crippen molar-refractivity contribution in [2.75, 3.05) is 31.2 Å². The fourth-order valence-corrected chi connectivity index (χ4v) is 3.21. The quantitative estimate of drug-likeness (QED) is 0.914. The zero-order valence-corrected chi connectivity index (χ0v) is 11.3. The van der Waals surface area contributed by atoms with E-state index < -0.39 is 0 Å². The first kappa shape index (κ1) is 12.4. The summed E-state index contributed by atoms with van der Waals surface area (Å²) in [5, 5.41) is 0.779. The summed E-state index contributed by atoms with van der Waals surface area (Å²) >= 11 is 1.53. The largest absolute Gasteiger partial charge is 0.378 e. The van der Waals surface area contributed by atoms with Gasteiger partial charge in [-0.15, -0.1) is 11.3 Å². The van der Waals surface area contributed by atoms with Crippen LogP contribution in [0.4, 0.5) is 5.69 Å². The number of ether oxygens (including phenoxy) is 1. The van der Waals surface area contributed by atoms with Crippen LogP contribution in [0.5, 0.6) is 0 Å². The number of morpholine rings is 1. The normalized spacial score (nSPS) is 15.9. The highest BCUT2D eigenvalue weighted by molar-refractivity contribution is 7.18. The molecule has 1 amide bonds. The molecule has 0 spiro atoms. The molecule has 1 fully saturated rings. The Balaban J connectivity index is 1.89. The predicted octanol–water partition coefficient (Wildman–Crippen LogP) is 1.16. The molecule has 0 aliphatic carbocycles. The summed E-state index contributed by atoms with van der Waals surface area (Å²) in [6, 6.07) is 6.20. The van der Waals surface area contributed by atoms with Gasteiger partial charge in [0.1, 0.15) is 5.01 Å². The van der Waals surface area contributed by atoms with Crippen molar-refractivity contribution in [1.82, 2.24) is 4.98 Å². The second-order valence-electron chi connectivity index (χ2n) is 4.50. The maximum absolute atomic E-state index is 10.9. The smallest absolute Gasteiger partial charge is 0.224 e. The number of nitrogens with two attached hydrogens (primary N) is 1. The molecule has 1 aromatic carbocycles. The van der Waals surface area contributed by atoms with Crippen LogP contribution in [0.1, 0.15) is 5.01 Å². The highest BCUT2D eigenvalue weighted by Gasteiger charge is 2.13. The number of hydrogen-bond donors (Lipinski definition) is 1. The van der Waals surface area contributed by atoms with Crippen LogP contribution < -0.4 is 10.6 Å². The molecule has 19 heavy (non-hydrogen) atoms. The number of rotatable bonds is 3. The lowest BCUT2D eigenvalue weighted by Gasteiger charge is -2.28. The minimum atomic E-state index is -0.340. The van der Waals surface area contributed by atoms with E-state index in [4.69, 9.17) is 10.5 Å². The second kappa shape index (κ2) is 5.14. The van der Waals surface area contributed by atoms with Crippen LogP contribution >= 0.6 is 11.3 Å². The summed E-state index contributed by atoms with van der Waals surface area (Å²) in [6.45, 7) is 3.37. The van der Waals surface area contributed by atoms with Crippen LogP contribution in [-0.4, -0.2) is 37.2 Å². The number of amides is 1. The zero-order valence-electron chi connectivity index (χ0n) is 10.5. The maximum atomic E-state index is 10.9. The number of primary amides is 1. The van der Waals surface area contributed by atoms with Crippen molar-refractivity contribution >= 4 is 33.1 Å². The van der Waals surface area contributed by atoms with Gasteiger partial charge in [0.15, 0.2) is 0 Å². The topological polar surface area (TPSA) is 68.5 Å². The highest BCUT2D eigenvalue weighted by Crippen LogP contribution is 2.27. The van der Waals surface area contributed by atoms with Crippen molar-refractivity contribution in [2.24, 2.45) is 5.73 Å². The molecule has 1 aromatic heterocycles.